The van der Waals surface area contributed by atoms with Crippen molar-refractivity contribution >= 4 is 5.97 Å². The number of phenols is 1. The summed E-state index contributed by atoms with van der Waals surface area (Å²) in [5.74, 6) is -2.91. The molecule has 0 fully saturated rings. The maximum absolute atomic E-state index is 12.9. The van der Waals surface area contributed by atoms with E-state index in [4.69, 9.17) is 15.9 Å². The summed E-state index contributed by atoms with van der Waals surface area (Å²) in [6, 6.07) is 1.52. The number of aliphatic hydroxyl groups is 1. The molecule has 0 saturated heterocycles. The Morgan fingerprint density at radius 1 is 1.47 bits per heavy atom. The van der Waals surface area contributed by atoms with Crippen LogP contribution in [0.1, 0.15) is 11.7 Å². The van der Waals surface area contributed by atoms with E-state index in [0.717, 1.165) is 12.1 Å². The van der Waals surface area contributed by atoms with E-state index in [1.807, 2.05) is 0 Å². The Balaban J connectivity index is 2.96. The van der Waals surface area contributed by atoms with E-state index in [-0.39, 0.29) is 5.56 Å². The number of nitrogens with two attached hydrogens (primary N) is 1. The first kappa shape index (κ1) is 11.4. The van der Waals surface area contributed by atoms with Gasteiger partial charge in [-0.3, -0.25) is 4.79 Å². The zero-order chi connectivity index (χ0) is 11.6. The summed E-state index contributed by atoms with van der Waals surface area (Å²) in [5.41, 5.74) is 5.15. The Bertz CT molecular complexity index is 382. The van der Waals surface area contributed by atoms with Crippen molar-refractivity contribution in [3.8, 4) is 5.75 Å². The largest absolute Gasteiger partial charge is 0.505 e. The highest BCUT2D eigenvalue weighted by Gasteiger charge is 2.24. The molecule has 0 aliphatic rings. The number of aliphatic hydroxyl groups excluding tert-OH is 1. The smallest absolute Gasteiger partial charge is 0.323 e. The third-order valence-electron chi connectivity index (χ3n) is 1.94. The lowest BCUT2D eigenvalue weighted by atomic mass is 10.0. The van der Waals surface area contributed by atoms with Gasteiger partial charge in [0.1, 0.15) is 12.1 Å². The van der Waals surface area contributed by atoms with Crippen LogP contribution < -0.4 is 5.73 Å². The van der Waals surface area contributed by atoms with Gasteiger partial charge in [0, 0.05) is 0 Å². The minimum atomic E-state index is -1.53. The molecule has 82 valence electrons. The van der Waals surface area contributed by atoms with Gasteiger partial charge in [-0.25, -0.2) is 4.39 Å². The molecular weight excluding hydrogens is 205 g/mol. The lowest BCUT2D eigenvalue weighted by Crippen LogP contribution is -2.36. The predicted molar refractivity (Wildman–Crippen MR) is 48.6 cm³/mol. The molecular formula is C9H10FNO4. The Morgan fingerprint density at radius 2 is 2.07 bits per heavy atom. The molecule has 0 bridgehead atoms. The first-order chi connectivity index (χ1) is 6.93. The van der Waals surface area contributed by atoms with Crippen LogP contribution >= 0.6 is 0 Å². The minimum absolute atomic E-state index is 0.000185. The predicted octanol–water partition coefficient (Wildman–Crippen LogP) is -0.0234. The van der Waals surface area contributed by atoms with Crippen molar-refractivity contribution in [2.45, 2.75) is 12.1 Å². The number of rotatable bonds is 3. The average Bonchev–Trinajstić information content (AvgIpc) is 2.19. The van der Waals surface area contributed by atoms with Gasteiger partial charge in [-0.15, -0.1) is 0 Å². The van der Waals surface area contributed by atoms with Gasteiger partial charge >= 0.3 is 5.97 Å². The van der Waals surface area contributed by atoms with Crippen LogP contribution in [-0.4, -0.2) is 27.3 Å². The third kappa shape index (κ3) is 2.42. The van der Waals surface area contributed by atoms with Gasteiger partial charge in [0.2, 0.25) is 0 Å². The minimum Gasteiger partial charge on any atom is -0.505 e. The topological polar surface area (TPSA) is 104 Å². The molecule has 5 N–H and O–H groups in total. The molecule has 1 unspecified atom stereocenters. The zero-order valence-electron chi connectivity index (χ0n) is 7.59. The molecule has 1 aromatic carbocycles. The van der Waals surface area contributed by atoms with Gasteiger partial charge in [0.25, 0.3) is 0 Å². The van der Waals surface area contributed by atoms with Crippen molar-refractivity contribution in [1.82, 2.24) is 0 Å². The number of phenolic OH excluding ortho intramolecular Hbond substituents is 1. The standard InChI is InChI=1S/C9H10FNO4/c10-5-3-4(1-2-6(5)12)8(13)7(11)9(14)15/h1-3,7-8,12-13H,11H2,(H,14,15)/t7-,8?/m0/s1. The molecule has 1 aromatic rings. The van der Waals surface area contributed by atoms with E-state index in [9.17, 15) is 14.3 Å². The van der Waals surface area contributed by atoms with Gasteiger partial charge in [0.15, 0.2) is 11.6 Å². The molecule has 5 nitrogen and oxygen atoms in total. The van der Waals surface area contributed by atoms with Gasteiger partial charge < -0.3 is 21.1 Å². The summed E-state index contributed by atoms with van der Waals surface area (Å²) in [4.78, 5) is 10.4. The molecule has 0 aliphatic carbocycles. The van der Waals surface area contributed by atoms with Crippen molar-refractivity contribution in [1.29, 1.82) is 0 Å². The summed E-state index contributed by atoms with van der Waals surface area (Å²) in [5, 5.41) is 26.8. The van der Waals surface area contributed by atoms with Gasteiger partial charge in [-0.2, -0.15) is 0 Å². The molecule has 6 heteroatoms. The number of aromatic hydroxyl groups is 1. The number of benzene rings is 1. The summed E-state index contributed by atoms with van der Waals surface area (Å²) in [6.07, 6.45) is -1.52. The van der Waals surface area contributed by atoms with E-state index in [1.165, 1.54) is 6.07 Å². The highest BCUT2D eigenvalue weighted by Crippen LogP contribution is 2.22. The van der Waals surface area contributed by atoms with Crippen molar-refractivity contribution < 1.29 is 24.5 Å². The first-order valence-corrected chi connectivity index (χ1v) is 4.08. The lowest BCUT2D eigenvalue weighted by molar-refractivity contribution is -0.141. The highest BCUT2D eigenvalue weighted by molar-refractivity contribution is 5.74. The van der Waals surface area contributed by atoms with Crippen LogP contribution in [0.15, 0.2) is 18.2 Å². The number of carboxylic acids is 1. The SMILES string of the molecule is N[C@H](C(=O)O)C(O)c1ccc(O)c(F)c1. The molecule has 0 saturated carbocycles. The van der Waals surface area contributed by atoms with Crippen molar-refractivity contribution in [2.75, 3.05) is 0 Å². The van der Waals surface area contributed by atoms with Crippen LogP contribution in [0.25, 0.3) is 0 Å². The van der Waals surface area contributed by atoms with E-state index >= 15 is 0 Å². The number of halogens is 1. The van der Waals surface area contributed by atoms with Crippen LogP contribution in [-0.2, 0) is 4.79 Å². The van der Waals surface area contributed by atoms with Crippen LogP contribution in [0, 0.1) is 5.82 Å². The fourth-order valence-corrected chi connectivity index (χ4v) is 1.05. The summed E-state index contributed by atoms with van der Waals surface area (Å²) in [6.45, 7) is 0. The Kier molecular flexibility index (Phi) is 3.23. The summed E-state index contributed by atoms with van der Waals surface area (Å²) >= 11 is 0. The number of carbonyl (C=O) groups is 1. The van der Waals surface area contributed by atoms with Crippen LogP contribution in [0.2, 0.25) is 0 Å². The third-order valence-corrected chi connectivity index (χ3v) is 1.94. The quantitative estimate of drug-likeness (QED) is 0.567. The molecule has 0 radical (unpaired) electrons. The molecule has 1 rings (SSSR count). The Labute approximate surface area is 84.6 Å². The molecule has 0 spiro atoms. The molecule has 0 aromatic heterocycles. The second-order valence-corrected chi connectivity index (χ2v) is 3.02. The van der Waals surface area contributed by atoms with Gasteiger partial charge in [0.05, 0.1) is 0 Å². The Morgan fingerprint density at radius 3 is 2.53 bits per heavy atom. The highest BCUT2D eigenvalue weighted by atomic mass is 19.1. The lowest BCUT2D eigenvalue weighted by Gasteiger charge is -2.15. The molecule has 0 amide bonds. The first-order valence-electron chi connectivity index (χ1n) is 4.08. The van der Waals surface area contributed by atoms with Crippen LogP contribution in [0.4, 0.5) is 4.39 Å². The number of hydrogen-bond acceptors (Lipinski definition) is 4. The molecule has 0 heterocycles. The Hall–Kier alpha value is -1.66. The normalized spacial score (nSPS) is 14.6. The molecule has 0 aliphatic heterocycles. The zero-order valence-corrected chi connectivity index (χ0v) is 7.59. The van der Waals surface area contributed by atoms with Crippen molar-refractivity contribution in [3.05, 3.63) is 29.6 Å². The fourth-order valence-electron chi connectivity index (χ4n) is 1.05. The van der Waals surface area contributed by atoms with E-state index < -0.39 is 29.7 Å². The molecule has 2 atom stereocenters. The maximum Gasteiger partial charge on any atom is 0.323 e. The summed E-state index contributed by atoms with van der Waals surface area (Å²) in [7, 11) is 0. The van der Waals surface area contributed by atoms with E-state index in [0.29, 0.717) is 0 Å². The number of aliphatic carboxylic acids is 1. The fraction of sp³-hybridized carbons (Fsp3) is 0.222. The second kappa shape index (κ2) is 4.24. The van der Waals surface area contributed by atoms with Gasteiger partial charge in [-0.05, 0) is 17.7 Å². The van der Waals surface area contributed by atoms with E-state index in [2.05, 4.69) is 0 Å². The van der Waals surface area contributed by atoms with Crippen molar-refractivity contribution in [3.63, 3.8) is 0 Å². The monoisotopic (exact) mass is 215 g/mol. The van der Waals surface area contributed by atoms with Crippen LogP contribution in [0.3, 0.4) is 0 Å². The number of carboxylic acid groups (broad SMARTS) is 1. The summed E-state index contributed by atoms with van der Waals surface area (Å²) < 4.78 is 12.9. The van der Waals surface area contributed by atoms with E-state index in [1.54, 1.807) is 0 Å². The van der Waals surface area contributed by atoms with Gasteiger partial charge in [-0.1, -0.05) is 6.07 Å². The molecule has 15 heavy (non-hydrogen) atoms. The van der Waals surface area contributed by atoms with Crippen molar-refractivity contribution in [2.24, 2.45) is 5.73 Å². The number of hydrogen-bond donors (Lipinski definition) is 4. The maximum atomic E-state index is 12.9. The van der Waals surface area contributed by atoms with Crippen LogP contribution in [0.5, 0.6) is 5.75 Å². The average molecular weight is 215 g/mol. The second-order valence-electron chi connectivity index (χ2n) is 3.02.